The lowest BCUT2D eigenvalue weighted by Crippen LogP contribution is -2.38. The summed E-state index contributed by atoms with van der Waals surface area (Å²) in [6.45, 7) is 3.07. The number of aliphatic hydroxyl groups is 1. The predicted molar refractivity (Wildman–Crippen MR) is 219 cm³/mol. The lowest BCUT2D eigenvalue weighted by molar-refractivity contribution is -0.143. The average Bonchev–Trinajstić information content (AvgIpc) is 3.74. The molecule has 57 heavy (non-hydrogen) atoms. The largest absolute Gasteiger partial charge is 0.497 e. The molecule has 3 heterocycles. The first kappa shape index (κ1) is 39.6. The Labute approximate surface area is 334 Å². The monoisotopic (exact) mass is 809 g/mol. The quantitative estimate of drug-likeness (QED) is 0.132. The maximum Gasteiger partial charge on any atom is 0.290 e. The number of carbonyl (C=O) groups excluding carboxylic acids is 1. The van der Waals surface area contributed by atoms with Crippen molar-refractivity contribution in [2.45, 2.75) is 37.4 Å². The molecule has 0 unspecified atom stereocenters. The molecular weight excluding hydrogens is 767 g/mol. The molecule has 0 spiro atoms. The maximum atomic E-state index is 14.1. The van der Waals surface area contributed by atoms with E-state index < -0.39 is 34.7 Å². The van der Waals surface area contributed by atoms with Crippen LogP contribution in [-0.2, 0) is 31.3 Å². The second-order valence-electron chi connectivity index (χ2n) is 13.6. The number of hydrogen-bond donors (Lipinski definition) is 2. The third-order valence-electron chi connectivity index (χ3n) is 9.88. The van der Waals surface area contributed by atoms with Gasteiger partial charge in [0, 0.05) is 55.0 Å². The van der Waals surface area contributed by atoms with Crippen molar-refractivity contribution in [3.63, 3.8) is 0 Å². The number of hydrogen-bond acceptors (Lipinski definition) is 10. The first-order valence-electron chi connectivity index (χ1n) is 18.3. The standard InChI is InChI=1S/C42H43N5O8S2/c1-27-10-19-35-37(24-27)56-41(44-35)29-11-13-31(14-12-29)43-40(49)36-25-30(39-28(2)45(3)47(42(39)50)32-8-6-5-7-9-32)26-38(55-36)54-23-21-46(20-22-48)57(51,52)34-17-15-33(53-4)16-18-34/h5-19,24-25,30,38,48H,20-23,26H2,1-4H3,(H,43,49)/t30-,38+/m1/s1. The molecule has 0 saturated carbocycles. The number of anilines is 1. The highest BCUT2D eigenvalue weighted by molar-refractivity contribution is 7.89. The van der Waals surface area contributed by atoms with E-state index in [1.807, 2.05) is 68.4 Å². The second-order valence-corrected chi connectivity index (χ2v) is 16.6. The molecular formula is C42H43N5O8S2. The number of ether oxygens (including phenoxy) is 3. The number of benzene rings is 4. The van der Waals surface area contributed by atoms with Gasteiger partial charge in [0.2, 0.25) is 16.3 Å². The van der Waals surface area contributed by atoms with Crippen LogP contribution in [0.15, 0.2) is 119 Å². The predicted octanol–water partition coefficient (Wildman–Crippen LogP) is 6.13. The van der Waals surface area contributed by atoms with Crippen LogP contribution in [0.1, 0.15) is 29.2 Å². The van der Waals surface area contributed by atoms with Crippen molar-refractivity contribution in [1.29, 1.82) is 0 Å². The number of fused-ring (bicyclic) bond motifs is 1. The number of nitrogens with one attached hydrogen (secondary N) is 1. The van der Waals surface area contributed by atoms with Gasteiger partial charge in [0.1, 0.15) is 10.8 Å². The Hall–Kier alpha value is -5.58. The zero-order chi connectivity index (χ0) is 40.3. The van der Waals surface area contributed by atoms with Crippen molar-refractivity contribution in [2.24, 2.45) is 7.05 Å². The van der Waals surface area contributed by atoms with E-state index in [1.54, 1.807) is 58.1 Å². The van der Waals surface area contributed by atoms with Crippen molar-refractivity contribution < 1.29 is 32.5 Å². The SMILES string of the molecule is COc1ccc(S(=O)(=O)N(CCO)CCO[C@@H]2C[C@H](c3c(C)n(C)n(-c4ccccc4)c3=O)C=C(C(=O)Nc3ccc(-c4nc5ccc(C)cc5s4)cc3)O2)cc1. The second kappa shape index (κ2) is 16.9. The highest BCUT2D eigenvalue weighted by atomic mass is 32.2. The molecule has 2 aromatic heterocycles. The molecule has 0 saturated heterocycles. The van der Waals surface area contributed by atoms with Gasteiger partial charge in [0.25, 0.3) is 11.5 Å². The minimum Gasteiger partial charge on any atom is -0.497 e. The molecule has 1 aliphatic heterocycles. The smallest absolute Gasteiger partial charge is 0.290 e. The third-order valence-corrected chi connectivity index (χ3v) is 12.9. The molecule has 1 aliphatic rings. The van der Waals surface area contributed by atoms with Gasteiger partial charge in [-0.25, -0.2) is 18.1 Å². The first-order chi connectivity index (χ1) is 27.5. The molecule has 15 heteroatoms. The van der Waals surface area contributed by atoms with E-state index >= 15 is 0 Å². The van der Waals surface area contributed by atoms with E-state index in [0.717, 1.165) is 30.7 Å². The van der Waals surface area contributed by atoms with Crippen LogP contribution >= 0.6 is 11.3 Å². The van der Waals surface area contributed by atoms with Crippen LogP contribution in [-0.4, -0.2) is 77.8 Å². The molecule has 2 atom stereocenters. The fourth-order valence-corrected chi connectivity index (χ4v) is 9.31. The Bertz CT molecular complexity index is 2580. The number of rotatable bonds is 14. The van der Waals surface area contributed by atoms with Crippen molar-refractivity contribution in [3.8, 4) is 22.0 Å². The van der Waals surface area contributed by atoms with Crippen molar-refractivity contribution in [1.82, 2.24) is 18.7 Å². The van der Waals surface area contributed by atoms with Crippen molar-refractivity contribution in [3.05, 3.63) is 136 Å². The summed E-state index contributed by atoms with van der Waals surface area (Å²) in [5.74, 6) is -0.676. The van der Waals surface area contributed by atoms with Crippen LogP contribution < -0.4 is 15.6 Å². The summed E-state index contributed by atoms with van der Waals surface area (Å²) < 4.78 is 50.0. The molecule has 0 bridgehead atoms. The van der Waals surface area contributed by atoms with Gasteiger partial charge < -0.3 is 24.6 Å². The van der Waals surface area contributed by atoms with Gasteiger partial charge in [0.05, 0.1) is 41.1 Å². The minimum atomic E-state index is -4.00. The summed E-state index contributed by atoms with van der Waals surface area (Å²) in [7, 11) is -0.712. The number of amides is 1. The molecule has 0 fully saturated rings. The topological polar surface area (TPSA) is 154 Å². The molecule has 7 rings (SSSR count). The lowest BCUT2D eigenvalue weighted by Gasteiger charge is -2.29. The van der Waals surface area contributed by atoms with Gasteiger partial charge in [-0.1, -0.05) is 24.3 Å². The van der Waals surface area contributed by atoms with E-state index in [1.165, 1.54) is 19.2 Å². The fraction of sp³-hybridized carbons (Fsp3) is 0.262. The molecule has 0 aliphatic carbocycles. The summed E-state index contributed by atoms with van der Waals surface area (Å²) in [6, 6.07) is 28.7. The maximum absolute atomic E-state index is 14.1. The third kappa shape index (κ3) is 8.43. The minimum absolute atomic E-state index is 0.0325. The number of aryl methyl sites for hydroxylation is 1. The van der Waals surface area contributed by atoms with Crippen molar-refractivity contribution >= 4 is 43.2 Å². The first-order valence-corrected chi connectivity index (χ1v) is 20.6. The highest BCUT2D eigenvalue weighted by Crippen LogP contribution is 2.34. The van der Waals surface area contributed by atoms with Gasteiger partial charge >= 0.3 is 0 Å². The molecule has 6 aromatic rings. The van der Waals surface area contributed by atoms with Gasteiger partial charge in [-0.2, -0.15) is 4.31 Å². The summed E-state index contributed by atoms with van der Waals surface area (Å²) in [5, 5.41) is 13.5. The van der Waals surface area contributed by atoms with Crippen LogP contribution in [0, 0.1) is 13.8 Å². The van der Waals surface area contributed by atoms with Crippen LogP contribution in [0.25, 0.3) is 26.5 Å². The van der Waals surface area contributed by atoms with Crippen LogP contribution in [0.4, 0.5) is 5.69 Å². The Morgan fingerprint density at radius 1 is 1.02 bits per heavy atom. The summed E-state index contributed by atoms with van der Waals surface area (Å²) in [4.78, 5) is 32.8. The molecule has 13 nitrogen and oxygen atoms in total. The fourth-order valence-electron chi connectivity index (χ4n) is 6.83. The Balaban J connectivity index is 1.13. The Kier molecular flexibility index (Phi) is 11.7. The molecule has 1 amide bonds. The number of aliphatic hydroxyl groups excluding tert-OH is 1. The van der Waals surface area contributed by atoms with Crippen LogP contribution in [0.3, 0.4) is 0 Å². The Morgan fingerprint density at radius 3 is 2.46 bits per heavy atom. The molecule has 0 radical (unpaired) electrons. The number of methoxy groups -OCH3 is 1. The number of allylic oxidation sites excluding steroid dienone is 1. The van der Waals surface area contributed by atoms with Gasteiger partial charge in [-0.3, -0.25) is 14.3 Å². The van der Waals surface area contributed by atoms with Crippen LogP contribution in [0.2, 0.25) is 0 Å². The average molecular weight is 810 g/mol. The van der Waals surface area contributed by atoms with E-state index in [9.17, 15) is 23.1 Å². The Morgan fingerprint density at radius 2 is 1.75 bits per heavy atom. The van der Waals surface area contributed by atoms with E-state index in [-0.39, 0.29) is 42.3 Å². The van der Waals surface area contributed by atoms with E-state index in [0.29, 0.717) is 28.4 Å². The summed E-state index contributed by atoms with van der Waals surface area (Å²) in [6.07, 6.45) is 0.792. The molecule has 2 N–H and O–H groups in total. The number of aromatic nitrogens is 3. The molecule has 4 aromatic carbocycles. The highest BCUT2D eigenvalue weighted by Gasteiger charge is 2.34. The normalized spacial score (nSPS) is 15.7. The number of para-hydroxylation sites is 1. The number of carbonyl (C=O) groups is 1. The molecule has 296 valence electrons. The number of sulfonamides is 1. The van der Waals surface area contributed by atoms with Gasteiger partial charge in [0.15, 0.2) is 5.76 Å². The van der Waals surface area contributed by atoms with Crippen molar-refractivity contribution in [2.75, 3.05) is 38.7 Å². The lowest BCUT2D eigenvalue weighted by atomic mass is 9.93. The zero-order valence-corrected chi connectivity index (χ0v) is 33.5. The summed E-state index contributed by atoms with van der Waals surface area (Å²) >= 11 is 1.60. The number of thiazole rings is 1. The van der Waals surface area contributed by atoms with Gasteiger partial charge in [-0.15, -0.1) is 11.3 Å². The zero-order valence-electron chi connectivity index (χ0n) is 31.9. The van der Waals surface area contributed by atoms with Gasteiger partial charge in [-0.05, 0) is 98.3 Å². The van der Waals surface area contributed by atoms with E-state index in [2.05, 4.69) is 11.4 Å². The number of nitrogens with zero attached hydrogens (tertiary/aromatic N) is 4. The van der Waals surface area contributed by atoms with Crippen LogP contribution in [0.5, 0.6) is 5.75 Å². The van der Waals surface area contributed by atoms with E-state index in [4.69, 9.17) is 19.2 Å². The summed E-state index contributed by atoms with van der Waals surface area (Å²) in [5.41, 5.74) is 5.14.